The van der Waals surface area contributed by atoms with E-state index in [0.717, 1.165) is 29.7 Å². The maximum Gasteiger partial charge on any atom is 0.175 e. The van der Waals surface area contributed by atoms with Crippen LogP contribution in [0.4, 0.5) is 5.82 Å². The van der Waals surface area contributed by atoms with E-state index in [1.54, 1.807) is 12.4 Å². The zero-order valence-electron chi connectivity index (χ0n) is 10.2. The molecule has 0 saturated heterocycles. The lowest BCUT2D eigenvalue weighted by Gasteiger charge is -2.10. The average molecular weight is 231 g/mol. The summed E-state index contributed by atoms with van der Waals surface area (Å²) in [4.78, 5) is 4.11. The standard InChI is InChI=1S/C13H17N3O/c1-3-9(4-2)12-11(13(14)16-17-12)10-6-5-7-15-8-10/h5-9H,3-4H2,1-2H3,(H2,14,16). The molecule has 17 heavy (non-hydrogen) atoms. The summed E-state index contributed by atoms with van der Waals surface area (Å²) in [5, 5.41) is 3.88. The van der Waals surface area contributed by atoms with Crippen molar-refractivity contribution < 1.29 is 4.52 Å². The van der Waals surface area contributed by atoms with Gasteiger partial charge >= 0.3 is 0 Å². The first kappa shape index (κ1) is 11.6. The molecule has 2 aromatic rings. The van der Waals surface area contributed by atoms with Gasteiger partial charge in [-0.2, -0.15) is 0 Å². The summed E-state index contributed by atoms with van der Waals surface area (Å²) >= 11 is 0. The van der Waals surface area contributed by atoms with Crippen LogP contribution in [-0.2, 0) is 0 Å². The molecular weight excluding hydrogens is 214 g/mol. The molecular formula is C13H17N3O. The van der Waals surface area contributed by atoms with E-state index >= 15 is 0 Å². The summed E-state index contributed by atoms with van der Waals surface area (Å²) in [6.07, 6.45) is 5.55. The topological polar surface area (TPSA) is 64.9 Å². The van der Waals surface area contributed by atoms with Gasteiger partial charge in [-0.25, -0.2) is 0 Å². The van der Waals surface area contributed by atoms with Crippen molar-refractivity contribution in [2.24, 2.45) is 0 Å². The number of hydrogen-bond acceptors (Lipinski definition) is 4. The zero-order chi connectivity index (χ0) is 12.3. The van der Waals surface area contributed by atoms with E-state index in [4.69, 9.17) is 10.3 Å². The van der Waals surface area contributed by atoms with E-state index in [1.807, 2.05) is 12.1 Å². The first-order chi connectivity index (χ1) is 8.27. The minimum Gasteiger partial charge on any atom is -0.380 e. The van der Waals surface area contributed by atoms with E-state index < -0.39 is 0 Å². The van der Waals surface area contributed by atoms with Crippen LogP contribution in [0.1, 0.15) is 38.4 Å². The van der Waals surface area contributed by atoms with Crippen LogP contribution in [0.3, 0.4) is 0 Å². The smallest absolute Gasteiger partial charge is 0.175 e. The lowest BCUT2D eigenvalue weighted by molar-refractivity contribution is 0.356. The molecule has 2 rings (SSSR count). The molecule has 0 bridgehead atoms. The molecule has 90 valence electrons. The Hall–Kier alpha value is -1.84. The number of hydrogen-bond donors (Lipinski definition) is 1. The van der Waals surface area contributed by atoms with Gasteiger partial charge in [-0.05, 0) is 18.9 Å². The Balaban J connectivity index is 2.50. The average Bonchev–Trinajstić information content (AvgIpc) is 2.74. The van der Waals surface area contributed by atoms with Crippen molar-refractivity contribution in [1.29, 1.82) is 0 Å². The van der Waals surface area contributed by atoms with Crippen molar-refractivity contribution >= 4 is 5.82 Å². The Bertz CT molecular complexity index is 475. The lowest BCUT2D eigenvalue weighted by Crippen LogP contribution is -1.97. The van der Waals surface area contributed by atoms with Crippen LogP contribution >= 0.6 is 0 Å². The number of pyridine rings is 1. The molecule has 0 aliphatic heterocycles. The monoisotopic (exact) mass is 231 g/mol. The summed E-state index contributed by atoms with van der Waals surface area (Å²) in [6, 6.07) is 3.86. The Morgan fingerprint density at radius 2 is 2.12 bits per heavy atom. The molecule has 0 aliphatic carbocycles. The highest BCUT2D eigenvalue weighted by Gasteiger charge is 2.21. The minimum atomic E-state index is 0.356. The van der Waals surface area contributed by atoms with Gasteiger partial charge in [0.1, 0.15) is 5.76 Å². The molecule has 0 aliphatic rings. The first-order valence-corrected chi connectivity index (χ1v) is 5.93. The molecule has 0 aromatic carbocycles. The molecule has 0 atom stereocenters. The third kappa shape index (κ3) is 2.16. The predicted molar refractivity (Wildman–Crippen MR) is 67.5 cm³/mol. The number of nitrogens with two attached hydrogens (primary N) is 1. The van der Waals surface area contributed by atoms with Crippen LogP contribution in [0.25, 0.3) is 11.1 Å². The second-order valence-corrected chi connectivity index (χ2v) is 4.06. The summed E-state index contributed by atoms with van der Waals surface area (Å²) in [6.45, 7) is 4.28. The van der Waals surface area contributed by atoms with Gasteiger partial charge in [-0.3, -0.25) is 4.98 Å². The molecule has 0 spiro atoms. The third-order valence-electron chi connectivity index (χ3n) is 3.05. The van der Waals surface area contributed by atoms with E-state index in [0.29, 0.717) is 11.7 Å². The molecule has 0 fully saturated rings. The number of aromatic nitrogens is 2. The van der Waals surface area contributed by atoms with E-state index in [2.05, 4.69) is 24.0 Å². The quantitative estimate of drug-likeness (QED) is 0.877. The van der Waals surface area contributed by atoms with Crippen molar-refractivity contribution in [2.45, 2.75) is 32.6 Å². The Morgan fingerprint density at radius 1 is 1.35 bits per heavy atom. The fourth-order valence-electron chi connectivity index (χ4n) is 2.05. The number of nitrogen functional groups attached to an aromatic ring is 1. The van der Waals surface area contributed by atoms with Crippen LogP contribution in [0.5, 0.6) is 0 Å². The van der Waals surface area contributed by atoms with E-state index in [-0.39, 0.29) is 0 Å². The van der Waals surface area contributed by atoms with Gasteiger partial charge in [-0.15, -0.1) is 0 Å². The molecule has 4 nitrogen and oxygen atoms in total. The fourth-order valence-corrected chi connectivity index (χ4v) is 2.05. The lowest BCUT2D eigenvalue weighted by atomic mass is 9.94. The first-order valence-electron chi connectivity index (χ1n) is 5.93. The highest BCUT2D eigenvalue weighted by molar-refractivity contribution is 5.75. The highest BCUT2D eigenvalue weighted by atomic mass is 16.5. The summed E-state index contributed by atoms with van der Waals surface area (Å²) < 4.78 is 5.39. The van der Waals surface area contributed by atoms with Gasteiger partial charge in [0.15, 0.2) is 5.82 Å². The molecule has 2 heterocycles. The van der Waals surface area contributed by atoms with Gasteiger partial charge in [0.25, 0.3) is 0 Å². The molecule has 2 aromatic heterocycles. The molecule has 2 N–H and O–H groups in total. The minimum absolute atomic E-state index is 0.356. The van der Waals surface area contributed by atoms with Crippen LogP contribution in [0.2, 0.25) is 0 Å². The Morgan fingerprint density at radius 3 is 2.71 bits per heavy atom. The summed E-state index contributed by atoms with van der Waals surface area (Å²) in [5.41, 5.74) is 7.75. The van der Waals surface area contributed by atoms with Crippen LogP contribution < -0.4 is 5.73 Å². The Kier molecular flexibility index (Phi) is 3.42. The molecule has 0 saturated carbocycles. The van der Waals surface area contributed by atoms with E-state index in [1.165, 1.54) is 0 Å². The normalized spacial score (nSPS) is 11.0. The van der Waals surface area contributed by atoms with E-state index in [9.17, 15) is 0 Å². The summed E-state index contributed by atoms with van der Waals surface area (Å²) in [5.74, 6) is 1.68. The fraction of sp³-hybridized carbons (Fsp3) is 0.385. The highest BCUT2D eigenvalue weighted by Crippen LogP contribution is 2.36. The van der Waals surface area contributed by atoms with Crippen LogP contribution in [0.15, 0.2) is 29.0 Å². The zero-order valence-corrected chi connectivity index (χ0v) is 10.2. The van der Waals surface area contributed by atoms with Gasteiger partial charge in [0.2, 0.25) is 0 Å². The van der Waals surface area contributed by atoms with Crippen molar-refractivity contribution in [3.05, 3.63) is 30.3 Å². The number of anilines is 1. The maximum atomic E-state index is 5.89. The van der Waals surface area contributed by atoms with Crippen molar-refractivity contribution in [1.82, 2.24) is 10.1 Å². The van der Waals surface area contributed by atoms with Crippen LogP contribution in [0, 0.1) is 0 Å². The van der Waals surface area contributed by atoms with Gasteiger partial charge in [0, 0.05) is 23.9 Å². The summed E-state index contributed by atoms with van der Waals surface area (Å²) in [7, 11) is 0. The van der Waals surface area contributed by atoms with Gasteiger partial charge in [0.05, 0.1) is 5.56 Å². The maximum absolute atomic E-state index is 5.89. The van der Waals surface area contributed by atoms with Crippen molar-refractivity contribution in [2.75, 3.05) is 5.73 Å². The second-order valence-electron chi connectivity index (χ2n) is 4.06. The molecule has 0 amide bonds. The SMILES string of the molecule is CCC(CC)c1onc(N)c1-c1cccnc1. The molecule has 4 heteroatoms. The Labute approximate surface area is 101 Å². The molecule has 0 radical (unpaired) electrons. The number of rotatable bonds is 4. The second kappa shape index (κ2) is 4.99. The largest absolute Gasteiger partial charge is 0.380 e. The van der Waals surface area contributed by atoms with Gasteiger partial charge < -0.3 is 10.3 Å². The number of nitrogens with zero attached hydrogens (tertiary/aromatic N) is 2. The van der Waals surface area contributed by atoms with Crippen molar-refractivity contribution in [3.63, 3.8) is 0 Å². The molecule has 0 unspecified atom stereocenters. The van der Waals surface area contributed by atoms with Crippen LogP contribution in [-0.4, -0.2) is 10.1 Å². The van der Waals surface area contributed by atoms with Gasteiger partial charge in [-0.1, -0.05) is 25.1 Å². The third-order valence-corrected chi connectivity index (χ3v) is 3.05. The van der Waals surface area contributed by atoms with Crippen molar-refractivity contribution in [3.8, 4) is 11.1 Å². The predicted octanol–water partition coefficient (Wildman–Crippen LogP) is 3.22.